The van der Waals surface area contributed by atoms with Crippen molar-refractivity contribution in [3.63, 3.8) is 0 Å². The van der Waals surface area contributed by atoms with Gasteiger partial charge in [0.1, 0.15) is 0 Å². The first-order valence-corrected chi connectivity index (χ1v) is 11.1. The summed E-state index contributed by atoms with van der Waals surface area (Å²) in [6.07, 6.45) is 1.79. The van der Waals surface area contributed by atoms with Crippen molar-refractivity contribution in [1.82, 2.24) is 4.72 Å². The summed E-state index contributed by atoms with van der Waals surface area (Å²) in [5.41, 5.74) is 1.06. The molecule has 9 heteroatoms. The molecule has 0 saturated heterocycles. The third-order valence-corrected chi connectivity index (χ3v) is 6.21. The van der Waals surface area contributed by atoms with Crippen LogP contribution in [0.25, 0.3) is 0 Å². The molecule has 3 rings (SSSR count). The summed E-state index contributed by atoms with van der Waals surface area (Å²) >= 11 is 6.12. The highest BCUT2D eigenvalue weighted by Crippen LogP contribution is 2.30. The van der Waals surface area contributed by atoms with Crippen LogP contribution in [0, 0.1) is 5.92 Å². The summed E-state index contributed by atoms with van der Waals surface area (Å²) in [4.78, 5) is 24.5. The third kappa shape index (κ3) is 5.56. The molecule has 2 aromatic carbocycles. The minimum absolute atomic E-state index is 0.0331. The Hall–Kier alpha value is -2.42. The molecule has 1 aliphatic rings. The largest absolute Gasteiger partial charge is 0.326 e. The second-order valence-electron chi connectivity index (χ2n) is 7.22. The fourth-order valence-electron chi connectivity index (χ4n) is 2.69. The summed E-state index contributed by atoms with van der Waals surface area (Å²) < 4.78 is 27.2. The van der Waals surface area contributed by atoms with E-state index in [-0.39, 0.29) is 33.3 Å². The van der Waals surface area contributed by atoms with Gasteiger partial charge in [-0.05, 0) is 63.1 Å². The van der Waals surface area contributed by atoms with Crippen molar-refractivity contribution < 1.29 is 18.0 Å². The molecule has 0 atom stereocenters. The first kappa shape index (κ1) is 21.3. The lowest BCUT2D eigenvalue weighted by Crippen LogP contribution is -2.30. The molecule has 2 amide bonds. The maximum absolute atomic E-state index is 12.7. The van der Waals surface area contributed by atoms with Gasteiger partial charge in [0.15, 0.2) is 0 Å². The minimum Gasteiger partial charge on any atom is -0.326 e. The number of amides is 2. The Bertz CT molecular complexity index is 1050. The number of hydrogen-bond acceptors (Lipinski definition) is 4. The SMILES string of the molecule is CC(C)NS(=O)(=O)c1ccc(Cl)c(C(=O)Nc2cccc(NC(=O)C3CC3)c2)c1. The van der Waals surface area contributed by atoms with E-state index < -0.39 is 15.9 Å². The molecule has 1 fully saturated rings. The number of halogens is 1. The lowest BCUT2D eigenvalue weighted by Gasteiger charge is -2.12. The van der Waals surface area contributed by atoms with Gasteiger partial charge in [0, 0.05) is 23.3 Å². The number of nitrogens with one attached hydrogen (secondary N) is 3. The summed E-state index contributed by atoms with van der Waals surface area (Å²) in [6.45, 7) is 3.41. The number of rotatable bonds is 7. The fourth-order valence-corrected chi connectivity index (χ4v) is 4.17. The van der Waals surface area contributed by atoms with Crippen molar-refractivity contribution in [2.75, 3.05) is 10.6 Å². The number of carbonyl (C=O) groups is 2. The van der Waals surface area contributed by atoms with Gasteiger partial charge in [0.05, 0.1) is 15.5 Å². The molecule has 3 N–H and O–H groups in total. The lowest BCUT2D eigenvalue weighted by molar-refractivity contribution is -0.117. The monoisotopic (exact) mass is 435 g/mol. The van der Waals surface area contributed by atoms with Gasteiger partial charge in [0.25, 0.3) is 5.91 Å². The number of sulfonamides is 1. The predicted molar refractivity (Wildman–Crippen MR) is 113 cm³/mol. The Morgan fingerprint density at radius 3 is 2.31 bits per heavy atom. The van der Waals surface area contributed by atoms with Gasteiger partial charge in [-0.15, -0.1) is 0 Å². The molecule has 0 unspecified atom stereocenters. The topological polar surface area (TPSA) is 104 Å². The second-order valence-corrected chi connectivity index (χ2v) is 9.34. The highest BCUT2D eigenvalue weighted by molar-refractivity contribution is 7.89. The average Bonchev–Trinajstić information content (AvgIpc) is 3.46. The smallest absolute Gasteiger partial charge is 0.257 e. The molecule has 0 heterocycles. The van der Waals surface area contributed by atoms with E-state index in [1.54, 1.807) is 38.1 Å². The van der Waals surface area contributed by atoms with Gasteiger partial charge in [-0.2, -0.15) is 0 Å². The van der Waals surface area contributed by atoms with Crippen molar-refractivity contribution in [2.24, 2.45) is 5.92 Å². The number of hydrogen-bond donors (Lipinski definition) is 3. The Morgan fingerprint density at radius 1 is 1.03 bits per heavy atom. The number of benzene rings is 2. The molecule has 0 aromatic heterocycles. The van der Waals surface area contributed by atoms with Crippen LogP contribution < -0.4 is 15.4 Å². The van der Waals surface area contributed by atoms with Crippen LogP contribution in [0.1, 0.15) is 37.0 Å². The predicted octanol–water partition coefficient (Wildman–Crippen LogP) is 3.63. The zero-order valence-corrected chi connectivity index (χ0v) is 17.6. The van der Waals surface area contributed by atoms with E-state index >= 15 is 0 Å². The fraction of sp³-hybridized carbons (Fsp3) is 0.300. The van der Waals surface area contributed by atoms with E-state index in [1.807, 2.05) is 0 Å². The molecule has 0 radical (unpaired) electrons. The zero-order valence-electron chi connectivity index (χ0n) is 16.0. The van der Waals surface area contributed by atoms with E-state index in [4.69, 9.17) is 11.6 Å². The summed E-state index contributed by atoms with van der Waals surface area (Å²) in [5, 5.41) is 5.63. The van der Waals surface area contributed by atoms with Crippen LogP contribution in [0.5, 0.6) is 0 Å². The van der Waals surface area contributed by atoms with E-state index in [9.17, 15) is 18.0 Å². The average molecular weight is 436 g/mol. The molecule has 0 spiro atoms. The number of anilines is 2. The third-order valence-electron chi connectivity index (χ3n) is 4.22. The van der Waals surface area contributed by atoms with E-state index in [0.717, 1.165) is 12.8 Å². The van der Waals surface area contributed by atoms with Crippen LogP contribution in [0.4, 0.5) is 11.4 Å². The highest BCUT2D eigenvalue weighted by Gasteiger charge is 2.29. The van der Waals surface area contributed by atoms with Gasteiger partial charge in [-0.3, -0.25) is 9.59 Å². The molecule has 0 aliphatic heterocycles. The van der Waals surface area contributed by atoms with Crippen molar-refractivity contribution in [1.29, 1.82) is 0 Å². The molecular weight excluding hydrogens is 414 g/mol. The van der Waals surface area contributed by atoms with Crippen molar-refractivity contribution in [3.8, 4) is 0 Å². The molecule has 7 nitrogen and oxygen atoms in total. The van der Waals surface area contributed by atoms with Gasteiger partial charge < -0.3 is 10.6 Å². The van der Waals surface area contributed by atoms with Crippen molar-refractivity contribution in [3.05, 3.63) is 53.1 Å². The van der Waals surface area contributed by atoms with Crippen LogP contribution >= 0.6 is 11.6 Å². The molecular formula is C20H22ClN3O4S. The molecule has 1 aliphatic carbocycles. The Kier molecular flexibility index (Phi) is 6.26. The lowest BCUT2D eigenvalue weighted by atomic mass is 10.2. The standard InChI is InChI=1S/C20H22ClN3O4S/c1-12(2)24-29(27,28)16-8-9-18(21)17(11-16)20(26)23-15-5-3-4-14(10-15)22-19(25)13-6-7-13/h3-5,8-13,24H,6-7H2,1-2H3,(H,22,25)(H,23,26). The minimum atomic E-state index is -3.76. The highest BCUT2D eigenvalue weighted by atomic mass is 35.5. The molecule has 2 aromatic rings. The van der Waals surface area contributed by atoms with E-state index in [0.29, 0.717) is 11.4 Å². The zero-order chi connectivity index (χ0) is 21.2. The van der Waals surface area contributed by atoms with Crippen LogP contribution in [0.3, 0.4) is 0 Å². The van der Waals surface area contributed by atoms with Crippen LogP contribution in [0.15, 0.2) is 47.4 Å². The Labute approximate surface area is 174 Å². The maximum atomic E-state index is 12.7. The molecule has 29 heavy (non-hydrogen) atoms. The number of carbonyl (C=O) groups excluding carboxylic acids is 2. The van der Waals surface area contributed by atoms with E-state index in [1.165, 1.54) is 18.2 Å². The molecule has 154 valence electrons. The van der Waals surface area contributed by atoms with Gasteiger partial charge >= 0.3 is 0 Å². The summed E-state index contributed by atoms with van der Waals surface area (Å²) in [5.74, 6) is -0.523. The second kappa shape index (κ2) is 8.52. The van der Waals surface area contributed by atoms with Crippen LogP contribution in [-0.4, -0.2) is 26.3 Å². The van der Waals surface area contributed by atoms with Crippen LogP contribution in [0.2, 0.25) is 5.02 Å². The normalized spacial score (nSPS) is 13.9. The Balaban J connectivity index is 1.78. The molecule has 0 bridgehead atoms. The van der Waals surface area contributed by atoms with Gasteiger partial charge in [-0.25, -0.2) is 13.1 Å². The Morgan fingerprint density at radius 2 is 1.69 bits per heavy atom. The first-order valence-electron chi connectivity index (χ1n) is 9.20. The molecule has 1 saturated carbocycles. The van der Waals surface area contributed by atoms with E-state index in [2.05, 4.69) is 15.4 Å². The summed E-state index contributed by atoms with van der Waals surface area (Å²) in [6, 6.07) is 10.4. The van der Waals surface area contributed by atoms with Crippen LogP contribution in [-0.2, 0) is 14.8 Å². The maximum Gasteiger partial charge on any atom is 0.257 e. The van der Waals surface area contributed by atoms with Crippen molar-refractivity contribution in [2.45, 2.75) is 37.6 Å². The quantitative estimate of drug-likeness (QED) is 0.617. The van der Waals surface area contributed by atoms with Gasteiger partial charge in [-0.1, -0.05) is 17.7 Å². The van der Waals surface area contributed by atoms with Crippen molar-refractivity contribution >= 4 is 44.8 Å². The first-order chi connectivity index (χ1) is 13.7. The summed E-state index contributed by atoms with van der Waals surface area (Å²) in [7, 11) is -3.76. The van der Waals surface area contributed by atoms with Gasteiger partial charge in [0.2, 0.25) is 15.9 Å².